The van der Waals surface area contributed by atoms with Gasteiger partial charge >= 0.3 is 0 Å². The Morgan fingerprint density at radius 1 is 1.32 bits per heavy atom. The molecule has 1 amide bonds. The third-order valence-corrected chi connectivity index (χ3v) is 3.88. The molecule has 1 atom stereocenters. The van der Waals surface area contributed by atoms with Crippen LogP contribution in [0, 0.1) is 5.92 Å². The Bertz CT molecular complexity index is 520. The summed E-state index contributed by atoms with van der Waals surface area (Å²) in [6.07, 6.45) is 4.49. The van der Waals surface area contributed by atoms with Gasteiger partial charge in [0.05, 0.1) is 14.2 Å². The Morgan fingerprint density at radius 3 is 2.59 bits per heavy atom. The van der Waals surface area contributed by atoms with Crippen molar-refractivity contribution in [3.8, 4) is 11.5 Å². The van der Waals surface area contributed by atoms with Crippen LogP contribution in [0.4, 0.5) is 0 Å². The fourth-order valence-electron chi connectivity index (χ4n) is 2.69. The van der Waals surface area contributed by atoms with Gasteiger partial charge in [0.25, 0.3) is 0 Å². The average molecular weight is 304 g/mol. The van der Waals surface area contributed by atoms with Gasteiger partial charge in [-0.05, 0) is 49.7 Å². The summed E-state index contributed by atoms with van der Waals surface area (Å²) >= 11 is 0. The van der Waals surface area contributed by atoms with E-state index in [1.165, 1.54) is 0 Å². The SMILES string of the molecule is CNCC1CCN(C(=O)C=Cc2cc(OC)cc(OC)c2)C1. The highest BCUT2D eigenvalue weighted by atomic mass is 16.5. The molecule has 1 heterocycles. The maximum Gasteiger partial charge on any atom is 0.246 e. The molecule has 1 saturated heterocycles. The highest BCUT2D eigenvalue weighted by molar-refractivity contribution is 5.92. The minimum absolute atomic E-state index is 0.0559. The zero-order chi connectivity index (χ0) is 15.9. The lowest BCUT2D eigenvalue weighted by molar-refractivity contribution is -0.125. The number of hydrogen-bond donors (Lipinski definition) is 1. The number of carbonyl (C=O) groups is 1. The first-order valence-electron chi connectivity index (χ1n) is 7.51. The van der Waals surface area contributed by atoms with E-state index >= 15 is 0 Å². The summed E-state index contributed by atoms with van der Waals surface area (Å²) in [6.45, 7) is 2.61. The van der Waals surface area contributed by atoms with E-state index in [4.69, 9.17) is 9.47 Å². The van der Waals surface area contributed by atoms with Crippen molar-refractivity contribution in [3.05, 3.63) is 29.8 Å². The number of hydrogen-bond acceptors (Lipinski definition) is 4. The maximum atomic E-state index is 12.2. The summed E-state index contributed by atoms with van der Waals surface area (Å²) in [4.78, 5) is 14.1. The standard InChI is InChI=1S/C17H24N2O3/c1-18-11-14-6-7-19(12-14)17(20)5-4-13-8-15(21-2)10-16(9-13)22-3/h4-5,8-10,14,18H,6-7,11-12H2,1-3H3. The number of ether oxygens (including phenoxy) is 2. The molecule has 0 bridgehead atoms. The molecule has 0 aliphatic carbocycles. The van der Waals surface area contributed by atoms with Crippen LogP contribution in [0.2, 0.25) is 0 Å². The van der Waals surface area contributed by atoms with Crippen LogP contribution in [0.25, 0.3) is 6.08 Å². The first-order valence-corrected chi connectivity index (χ1v) is 7.51. The number of nitrogens with zero attached hydrogens (tertiary/aromatic N) is 1. The number of nitrogens with one attached hydrogen (secondary N) is 1. The second-order valence-electron chi connectivity index (χ2n) is 5.48. The molecule has 5 nitrogen and oxygen atoms in total. The molecule has 1 fully saturated rings. The highest BCUT2D eigenvalue weighted by Gasteiger charge is 2.24. The van der Waals surface area contributed by atoms with Gasteiger partial charge in [-0.15, -0.1) is 0 Å². The Kier molecular flexibility index (Phi) is 5.83. The minimum atomic E-state index is 0.0559. The third-order valence-electron chi connectivity index (χ3n) is 3.88. The van der Waals surface area contributed by atoms with Gasteiger partial charge in [0.15, 0.2) is 0 Å². The molecule has 120 valence electrons. The Labute approximate surface area is 131 Å². The second-order valence-corrected chi connectivity index (χ2v) is 5.48. The van der Waals surface area contributed by atoms with Crippen LogP contribution in [0.3, 0.4) is 0 Å². The molecule has 1 aliphatic rings. The van der Waals surface area contributed by atoms with Crippen LogP contribution < -0.4 is 14.8 Å². The summed E-state index contributed by atoms with van der Waals surface area (Å²) in [5, 5.41) is 3.17. The van der Waals surface area contributed by atoms with Crippen LogP contribution in [0.1, 0.15) is 12.0 Å². The van der Waals surface area contributed by atoms with Crippen LogP contribution in [0.15, 0.2) is 24.3 Å². The highest BCUT2D eigenvalue weighted by Crippen LogP contribution is 2.23. The van der Waals surface area contributed by atoms with E-state index in [0.29, 0.717) is 17.4 Å². The molecule has 2 rings (SSSR count). The van der Waals surface area contributed by atoms with Crippen molar-refractivity contribution in [3.63, 3.8) is 0 Å². The number of methoxy groups -OCH3 is 2. The van der Waals surface area contributed by atoms with Crippen LogP contribution >= 0.6 is 0 Å². The minimum Gasteiger partial charge on any atom is -0.497 e. The Morgan fingerprint density at radius 2 is 2.00 bits per heavy atom. The number of likely N-dealkylation sites (tertiary alicyclic amines) is 1. The summed E-state index contributed by atoms with van der Waals surface area (Å²) in [5.74, 6) is 2.03. The molecule has 0 aromatic heterocycles. The van der Waals surface area contributed by atoms with E-state index in [0.717, 1.165) is 31.6 Å². The molecule has 1 N–H and O–H groups in total. The smallest absolute Gasteiger partial charge is 0.246 e. The molecule has 1 unspecified atom stereocenters. The molecule has 0 radical (unpaired) electrons. The van der Waals surface area contributed by atoms with Gasteiger partial charge in [-0.2, -0.15) is 0 Å². The Balaban J connectivity index is 2.01. The second kappa shape index (κ2) is 7.84. The van der Waals surface area contributed by atoms with Crippen molar-refractivity contribution >= 4 is 12.0 Å². The summed E-state index contributed by atoms with van der Waals surface area (Å²) < 4.78 is 10.5. The summed E-state index contributed by atoms with van der Waals surface area (Å²) in [6, 6.07) is 5.56. The molecule has 0 saturated carbocycles. The molecule has 1 aromatic carbocycles. The zero-order valence-corrected chi connectivity index (χ0v) is 13.5. The van der Waals surface area contributed by atoms with Crippen molar-refractivity contribution in [1.29, 1.82) is 0 Å². The van der Waals surface area contributed by atoms with Gasteiger partial charge in [0.2, 0.25) is 5.91 Å². The van der Waals surface area contributed by atoms with Crippen molar-refractivity contribution in [2.75, 3.05) is 40.9 Å². The van der Waals surface area contributed by atoms with Gasteiger partial charge in [0.1, 0.15) is 11.5 Å². The van der Waals surface area contributed by atoms with Crippen molar-refractivity contribution < 1.29 is 14.3 Å². The van der Waals surface area contributed by atoms with Gasteiger partial charge in [-0.25, -0.2) is 0 Å². The molecule has 5 heteroatoms. The van der Waals surface area contributed by atoms with Crippen LogP contribution in [-0.4, -0.2) is 51.7 Å². The number of carbonyl (C=O) groups excluding carboxylic acids is 1. The molecule has 22 heavy (non-hydrogen) atoms. The number of rotatable bonds is 6. The van der Waals surface area contributed by atoms with E-state index in [9.17, 15) is 4.79 Å². The first-order chi connectivity index (χ1) is 10.7. The quantitative estimate of drug-likeness (QED) is 0.814. The largest absolute Gasteiger partial charge is 0.497 e. The van der Waals surface area contributed by atoms with Crippen molar-refractivity contribution in [2.45, 2.75) is 6.42 Å². The average Bonchev–Trinajstić information content (AvgIpc) is 3.01. The third kappa shape index (κ3) is 4.24. The predicted molar refractivity (Wildman–Crippen MR) is 87.2 cm³/mol. The summed E-state index contributed by atoms with van der Waals surface area (Å²) in [7, 11) is 5.17. The van der Waals surface area contributed by atoms with Gasteiger partial charge in [-0.3, -0.25) is 4.79 Å². The normalized spacial score (nSPS) is 18.0. The van der Waals surface area contributed by atoms with Gasteiger partial charge in [0, 0.05) is 25.2 Å². The lowest BCUT2D eigenvalue weighted by Crippen LogP contribution is -2.28. The van der Waals surface area contributed by atoms with Gasteiger partial charge in [-0.1, -0.05) is 0 Å². The topological polar surface area (TPSA) is 50.8 Å². The fraction of sp³-hybridized carbons (Fsp3) is 0.471. The number of benzene rings is 1. The first kappa shape index (κ1) is 16.4. The van der Waals surface area contributed by atoms with Gasteiger partial charge < -0.3 is 19.7 Å². The monoisotopic (exact) mass is 304 g/mol. The zero-order valence-electron chi connectivity index (χ0n) is 13.5. The molecule has 1 aromatic rings. The lowest BCUT2D eigenvalue weighted by Gasteiger charge is -2.14. The van der Waals surface area contributed by atoms with Crippen LogP contribution in [-0.2, 0) is 4.79 Å². The van der Waals surface area contributed by atoms with E-state index < -0.39 is 0 Å². The maximum absolute atomic E-state index is 12.2. The Hall–Kier alpha value is -2.01. The number of amides is 1. The van der Waals surface area contributed by atoms with E-state index in [1.807, 2.05) is 30.1 Å². The lowest BCUT2D eigenvalue weighted by atomic mass is 10.1. The van der Waals surface area contributed by atoms with E-state index in [-0.39, 0.29) is 5.91 Å². The van der Waals surface area contributed by atoms with Crippen molar-refractivity contribution in [2.24, 2.45) is 5.92 Å². The molecular formula is C17H24N2O3. The molecular weight excluding hydrogens is 280 g/mol. The van der Waals surface area contributed by atoms with E-state index in [2.05, 4.69) is 5.32 Å². The van der Waals surface area contributed by atoms with Crippen LogP contribution in [0.5, 0.6) is 11.5 Å². The molecule has 0 spiro atoms. The van der Waals surface area contributed by atoms with E-state index in [1.54, 1.807) is 26.4 Å². The predicted octanol–water partition coefficient (Wildman–Crippen LogP) is 1.78. The molecule has 1 aliphatic heterocycles. The van der Waals surface area contributed by atoms with Crippen molar-refractivity contribution in [1.82, 2.24) is 10.2 Å². The summed E-state index contributed by atoms with van der Waals surface area (Å²) in [5.41, 5.74) is 0.885. The fourth-order valence-corrected chi connectivity index (χ4v) is 2.69.